The minimum absolute atomic E-state index is 0.120. The Balaban J connectivity index is 1.63. The van der Waals surface area contributed by atoms with Gasteiger partial charge >= 0.3 is 11.9 Å². The number of esters is 2. The summed E-state index contributed by atoms with van der Waals surface area (Å²) >= 11 is 1.30. The van der Waals surface area contributed by atoms with Crippen molar-refractivity contribution in [3.05, 3.63) is 35.9 Å². The zero-order valence-corrected chi connectivity index (χ0v) is 12.9. The van der Waals surface area contributed by atoms with Crippen molar-refractivity contribution in [3.8, 4) is 0 Å². The molecular weight excluding hydrogens is 302 g/mol. The molecule has 1 aromatic carbocycles. The number of para-hydroxylation sites is 1. The first-order chi connectivity index (χ1) is 10.6. The van der Waals surface area contributed by atoms with Crippen LogP contribution in [0.3, 0.4) is 0 Å². The lowest BCUT2D eigenvalue weighted by Gasteiger charge is -2.09. The maximum Gasteiger partial charge on any atom is 0.347 e. The summed E-state index contributed by atoms with van der Waals surface area (Å²) in [7, 11) is 0. The van der Waals surface area contributed by atoms with Gasteiger partial charge in [-0.05, 0) is 24.6 Å². The molecule has 3 rings (SSSR count). The zero-order chi connectivity index (χ0) is 15.5. The minimum Gasteiger partial charge on any atom is -0.463 e. The van der Waals surface area contributed by atoms with Gasteiger partial charge in [0.05, 0.1) is 22.9 Å². The third-order valence-corrected chi connectivity index (χ3v) is 4.28. The van der Waals surface area contributed by atoms with E-state index in [2.05, 4.69) is 4.98 Å². The van der Waals surface area contributed by atoms with Crippen LogP contribution in [0, 0.1) is 6.92 Å². The van der Waals surface area contributed by atoms with Gasteiger partial charge in [0.25, 0.3) is 0 Å². The standard InChI is InChI=1S/C16H15NO4S/c1-10-8-14(17-12-5-3-2-4-11(10)12)22-9-15(18)21-13-6-7-20-16(13)19/h2-5,8,13H,6-7,9H2,1H3/t13-/m0/s1. The first-order valence-electron chi connectivity index (χ1n) is 6.99. The number of aryl methyl sites for hydroxylation is 1. The third kappa shape index (κ3) is 3.22. The van der Waals surface area contributed by atoms with Gasteiger partial charge < -0.3 is 9.47 Å². The van der Waals surface area contributed by atoms with E-state index in [0.717, 1.165) is 21.5 Å². The van der Waals surface area contributed by atoms with Crippen LogP contribution in [0.15, 0.2) is 35.4 Å². The van der Waals surface area contributed by atoms with Gasteiger partial charge in [-0.1, -0.05) is 30.0 Å². The monoisotopic (exact) mass is 317 g/mol. The fourth-order valence-corrected chi connectivity index (χ4v) is 3.06. The molecule has 6 heteroatoms. The van der Waals surface area contributed by atoms with Crippen LogP contribution in [-0.4, -0.2) is 35.4 Å². The smallest absolute Gasteiger partial charge is 0.347 e. The van der Waals surface area contributed by atoms with E-state index < -0.39 is 18.0 Å². The Morgan fingerprint density at radius 2 is 2.27 bits per heavy atom. The van der Waals surface area contributed by atoms with Crippen molar-refractivity contribution in [3.63, 3.8) is 0 Å². The Morgan fingerprint density at radius 3 is 3.05 bits per heavy atom. The molecule has 1 fully saturated rings. The number of fused-ring (bicyclic) bond motifs is 1. The lowest BCUT2D eigenvalue weighted by molar-refractivity contribution is -0.158. The number of ether oxygens (including phenoxy) is 2. The molecule has 5 nitrogen and oxygen atoms in total. The van der Waals surface area contributed by atoms with E-state index >= 15 is 0 Å². The molecule has 1 aliphatic heterocycles. The minimum atomic E-state index is -0.751. The highest BCUT2D eigenvalue weighted by atomic mass is 32.2. The number of cyclic esters (lactones) is 1. The topological polar surface area (TPSA) is 65.5 Å². The van der Waals surface area contributed by atoms with E-state index in [4.69, 9.17) is 9.47 Å². The quantitative estimate of drug-likeness (QED) is 0.637. The second-order valence-electron chi connectivity index (χ2n) is 5.02. The molecule has 1 saturated heterocycles. The molecule has 0 aliphatic carbocycles. The van der Waals surface area contributed by atoms with Gasteiger partial charge in [0.15, 0.2) is 0 Å². The van der Waals surface area contributed by atoms with Crippen molar-refractivity contribution < 1.29 is 19.1 Å². The summed E-state index contributed by atoms with van der Waals surface area (Å²) in [5, 5.41) is 1.87. The number of nitrogens with zero attached hydrogens (tertiary/aromatic N) is 1. The summed E-state index contributed by atoms with van der Waals surface area (Å²) in [6, 6.07) is 9.82. The van der Waals surface area contributed by atoms with Crippen molar-refractivity contribution in [1.29, 1.82) is 0 Å². The Bertz CT molecular complexity index is 731. The zero-order valence-electron chi connectivity index (χ0n) is 12.1. The summed E-state index contributed by atoms with van der Waals surface area (Å²) in [5.41, 5.74) is 2.01. The van der Waals surface area contributed by atoms with Gasteiger partial charge in [-0.3, -0.25) is 4.79 Å². The predicted molar refractivity (Wildman–Crippen MR) is 82.7 cm³/mol. The van der Waals surface area contributed by atoms with Crippen molar-refractivity contribution in [2.75, 3.05) is 12.4 Å². The summed E-state index contributed by atoms with van der Waals surface area (Å²) in [5.74, 6) is -0.770. The largest absolute Gasteiger partial charge is 0.463 e. The highest BCUT2D eigenvalue weighted by Gasteiger charge is 2.30. The fraction of sp³-hybridized carbons (Fsp3) is 0.312. The number of carbonyl (C=O) groups excluding carboxylic acids is 2. The van der Waals surface area contributed by atoms with Crippen LogP contribution in [0.4, 0.5) is 0 Å². The Kier molecular flexibility index (Phi) is 4.29. The Labute approximate surface area is 132 Å². The molecule has 2 heterocycles. The number of benzene rings is 1. The highest BCUT2D eigenvalue weighted by molar-refractivity contribution is 7.99. The summed E-state index contributed by atoms with van der Waals surface area (Å²) in [6.45, 7) is 2.33. The van der Waals surface area contributed by atoms with E-state index in [0.29, 0.717) is 13.0 Å². The van der Waals surface area contributed by atoms with Crippen molar-refractivity contribution in [2.24, 2.45) is 0 Å². The number of carbonyl (C=O) groups is 2. The van der Waals surface area contributed by atoms with E-state index in [9.17, 15) is 9.59 Å². The third-order valence-electron chi connectivity index (χ3n) is 3.40. The molecule has 114 valence electrons. The van der Waals surface area contributed by atoms with Crippen LogP contribution < -0.4 is 0 Å². The van der Waals surface area contributed by atoms with E-state index in [1.807, 2.05) is 37.3 Å². The second kappa shape index (κ2) is 6.36. The lowest BCUT2D eigenvalue weighted by Crippen LogP contribution is -2.23. The Morgan fingerprint density at radius 1 is 1.45 bits per heavy atom. The second-order valence-corrected chi connectivity index (χ2v) is 6.01. The maximum atomic E-state index is 11.8. The molecule has 0 amide bonds. The first kappa shape index (κ1) is 14.8. The van der Waals surface area contributed by atoms with Crippen LogP contribution in [0.25, 0.3) is 10.9 Å². The number of aromatic nitrogens is 1. The van der Waals surface area contributed by atoms with Crippen LogP contribution in [-0.2, 0) is 19.1 Å². The van der Waals surface area contributed by atoms with Crippen molar-refractivity contribution >= 4 is 34.6 Å². The molecule has 0 saturated carbocycles. The molecule has 0 radical (unpaired) electrons. The lowest BCUT2D eigenvalue weighted by atomic mass is 10.1. The molecule has 1 aromatic heterocycles. The van der Waals surface area contributed by atoms with E-state index in [1.54, 1.807) is 0 Å². The number of rotatable bonds is 4. The molecule has 0 unspecified atom stereocenters. The maximum absolute atomic E-state index is 11.8. The highest BCUT2D eigenvalue weighted by Crippen LogP contribution is 2.24. The summed E-state index contributed by atoms with van der Waals surface area (Å²) in [6.07, 6.45) is -0.317. The molecule has 1 aliphatic rings. The molecular formula is C16H15NO4S. The van der Waals surface area contributed by atoms with Crippen LogP contribution in [0.5, 0.6) is 0 Å². The van der Waals surface area contributed by atoms with Gasteiger partial charge in [-0.15, -0.1) is 0 Å². The number of pyridine rings is 1. The molecule has 0 N–H and O–H groups in total. The molecule has 0 spiro atoms. The van der Waals surface area contributed by atoms with Gasteiger partial charge in [0.2, 0.25) is 6.10 Å². The normalized spacial score (nSPS) is 17.5. The predicted octanol–water partition coefficient (Wildman–Crippen LogP) is 2.49. The number of hydrogen-bond donors (Lipinski definition) is 0. The average Bonchev–Trinajstić information content (AvgIpc) is 2.90. The molecule has 2 aromatic rings. The van der Waals surface area contributed by atoms with E-state index in [-0.39, 0.29) is 5.75 Å². The van der Waals surface area contributed by atoms with Crippen LogP contribution in [0.2, 0.25) is 0 Å². The molecule has 0 bridgehead atoms. The number of hydrogen-bond acceptors (Lipinski definition) is 6. The van der Waals surface area contributed by atoms with E-state index in [1.165, 1.54) is 11.8 Å². The number of thioether (sulfide) groups is 1. The van der Waals surface area contributed by atoms with Crippen LogP contribution >= 0.6 is 11.8 Å². The molecule has 1 atom stereocenters. The SMILES string of the molecule is Cc1cc(SCC(=O)O[C@H]2CCOC2=O)nc2ccccc12. The van der Waals surface area contributed by atoms with Gasteiger partial charge in [0.1, 0.15) is 0 Å². The first-order valence-corrected chi connectivity index (χ1v) is 7.97. The van der Waals surface area contributed by atoms with Gasteiger partial charge in [-0.2, -0.15) is 0 Å². The molecule has 22 heavy (non-hydrogen) atoms. The average molecular weight is 317 g/mol. The van der Waals surface area contributed by atoms with Crippen molar-refractivity contribution in [1.82, 2.24) is 4.98 Å². The fourth-order valence-electron chi connectivity index (χ4n) is 2.30. The summed E-state index contributed by atoms with van der Waals surface area (Å²) in [4.78, 5) is 27.6. The van der Waals surface area contributed by atoms with Crippen molar-refractivity contribution in [2.45, 2.75) is 24.5 Å². The summed E-state index contributed by atoms with van der Waals surface area (Å²) < 4.78 is 9.86. The van der Waals surface area contributed by atoms with Gasteiger partial charge in [-0.25, -0.2) is 9.78 Å². The Hall–Kier alpha value is -2.08. The van der Waals surface area contributed by atoms with Gasteiger partial charge in [0, 0.05) is 11.8 Å². The van der Waals surface area contributed by atoms with Crippen LogP contribution in [0.1, 0.15) is 12.0 Å².